The number of likely N-dealkylation sites (tertiary alicyclic amines) is 1. The molecule has 0 bridgehead atoms. The lowest BCUT2D eigenvalue weighted by molar-refractivity contribution is -0.133. The molecule has 1 amide bonds. The van der Waals surface area contributed by atoms with E-state index in [1.807, 2.05) is 24.0 Å². The van der Waals surface area contributed by atoms with Crippen LogP contribution in [0.4, 0.5) is 0 Å². The predicted molar refractivity (Wildman–Crippen MR) is 91.5 cm³/mol. The summed E-state index contributed by atoms with van der Waals surface area (Å²) in [5.74, 6) is 0.503. The highest BCUT2D eigenvalue weighted by Gasteiger charge is 2.21. The molecule has 1 fully saturated rings. The van der Waals surface area contributed by atoms with Crippen molar-refractivity contribution in [1.29, 1.82) is 0 Å². The lowest BCUT2D eigenvalue weighted by atomic mass is 10.0. The number of carbonyl (C=O) groups is 1. The monoisotopic (exact) mass is 331 g/mol. The summed E-state index contributed by atoms with van der Waals surface area (Å²) in [5.41, 5.74) is 0.503. The number of aromatic nitrogens is 2. The number of aryl methyl sites for hydroxylation is 1. The molecule has 6 heteroatoms. The summed E-state index contributed by atoms with van der Waals surface area (Å²) in [4.78, 5) is 28.5. The predicted octanol–water partition coefficient (Wildman–Crippen LogP) is 2.54. The summed E-state index contributed by atoms with van der Waals surface area (Å²) < 4.78 is 1.28. The quantitative estimate of drug-likeness (QED) is 0.868. The van der Waals surface area contributed by atoms with Gasteiger partial charge < -0.3 is 4.90 Å². The number of thiophene rings is 1. The maximum atomic E-state index is 12.4. The van der Waals surface area contributed by atoms with Crippen LogP contribution < -0.4 is 5.56 Å². The highest BCUT2D eigenvalue weighted by Crippen LogP contribution is 2.25. The molecular formula is C17H21N3O2S. The summed E-state index contributed by atoms with van der Waals surface area (Å²) in [7, 11) is 0. The van der Waals surface area contributed by atoms with Gasteiger partial charge in [0.05, 0.1) is 4.88 Å². The molecule has 1 aliphatic rings. The van der Waals surface area contributed by atoms with Gasteiger partial charge in [-0.25, -0.2) is 4.68 Å². The molecule has 0 aliphatic carbocycles. The molecule has 3 rings (SSSR count). The molecule has 0 aromatic carbocycles. The Kier molecular flexibility index (Phi) is 4.61. The summed E-state index contributed by atoms with van der Waals surface area (Å²) in [6.45, 7) is 5.76. The van der Waals surface area contributed by atoms with Crippen LogP contribution in [-0.4, -0.2) is 33.7 Å². The van der Waals surface area contributed by atoms with Crippen molar-refractivity contribution in [1.82, 2.24) is 14.7 Å². The van der Waals surface area contributed by atoms with E-state index in [-0.39, 0.29) is 18.0 Å². The Morgan fingerprint density at radius 2 is 2.17 bits per heavy atom. The maximum absolute atomic E-state index is 12.4. The average molecular weight is 331 g/mol. The third kappa shape index (κ3) is 3.69. The van der Waals surface area contributed by atoms with Gasteiger partial charge in [-0.05, 0) is 43.9 Å². The highest BCUT2D eigenvalue weighted by molar-refractivity contribution is 7.15. The number of carbonyl (C=O) groups excluding carboxylic acids is 1. The van der Waals surface area contributed by atoms with Crippen molar-refractivity contribution >= 4 is 17.2 Å². The first kappa shape index (κ1) is 15.9. The van der Waals surface area contributed by atoms with E-state index in [1.54, 1.807) is 17.4 Å². The molecule has 0 N–H and O–H groups in total. The fourth-order valence-electron chi connectivity index (χ4n) is 2.91. The van der Waals surface area contributed by atoms with E-state index in [0.717, 1.165) is 36.5 Å². The second-order valence-corrected chi connectivity index (χ2v) is 7.50. The number of hydrogen-bond donors (Lipinski definition) is 0. The normalized spacial score (nSPS) is 18.2. The largest absolute Gasteiger partial charge is 0.341 e. The van der Waals surface area contributed by atoms with E-state index < -0.39 is 0 Å². The minimum Gasteiger partial charge on any atom is -0.341 e. The van der Waals surface area contributed by atoms with Gasteiger partial charge in [0.15, 0.2) is 0 Å². The average Bonchev–Trinajstić information content (AvgIpc) is 2.96. The Balaban J connectivity index is 1.79. The van der Waals surface area contributed by atoms with Gasteiger partial charge in [-0.3, -0.25) is 9.59 Å². The van der Waals surface area contributed by atoms with Crippen LogP contribution in [0, 0.1) is 12.8 Å². The van der Waals surface area contributed by atoms with Gasteiger partial charge in [0.1, 0.15) is 12.2 Å². The van der Waals surface area contributed by atoms with E-state index in [2.05, 4.69) is 12.0 Å². The third-order valence-corrected chi connectivity index (χ3v) is 5.18. The highest BCUT2D eigenvalue weighted by atomic mass is 32.1. The smallest absolute Gasteiger partial charge is 0.267 e. The maximum Gasteiger partial charge on any atom is 0.267 e. The molecule has 2 aromatic heterocycles. The number of amides is 1. The van der Waals surface area contributed by atoms with Gasteiger partial charge in [-0.2, -0.15) is 5.10 Å². The van der Waals surface area contributed by atoms with E-state index in [0.29, 0.717) is 5.92 Å². The molecule has 1 atom stereocenters. The standard InChI is InChI=1S/C17H21N3O2S/c1-12-4-3-9-19(10-12)17(22)11-20-16(21)8-6-14(18-20)15-7-5-13(2)23-15/h5-8,12H,3-4,9-11H2,1-2H3. The molecule has 23 heavy (non-hydrogen) atoms. The van der Waals surface area contributed by atoms with Crippen molar-refractivity contribution < 1.29 is 4.79 Å². The van der Waals surface area contributed by atoms with Gasteiger partial charge >= 0.3 is 0 Å². The van der Waals surface area contributed by atoms with Crippen molar-refractivity contribution in [2.24, 2.45) is 5.92 Å². The first-order chi connectivity index (χ1) is 11.0. The molecule has 1 saturated heterocycles. The van der Waals surface area contributed by atoms with Crippen LogP contribution in [0.2, 0.25) is 0 Å². The van der Waals surface area contributed by atoms with Crippen molar-refractivity contribution in [2.75, 3.05) is 13.1 Å². The number of rotatable bonds is 3. The van der Waals surface area contributed by atoms with Crippen molar-refractivity contribution in [3.63, 3.8) is 0 Å². The lowest BCUT2D eigenvalue weighted by Gasteiger charge is -2.30. The van der Waals surface area contributed by atoms with Crippen LogP contribution in [0.1, 0.15) is 24.6 Å². The zero-order valence-corrected chi connectivity index (χ0v) is 14.3. The first-order valence-electron chi connectivity index (χ1n) is 7.95. The van der Waals surface area contributed by atoms with Crippen LogP contribution in [0.3, 0.4) is 0 Å². The van der Waals surface area contributed by atoms with Crippen LogP contribution in [0.15, 0.2) is 29.1 Å². The summed E-state index contributed by atoms with van der Waals surface area (Å²) >= 11 is 1.63. The zero-order valence-electron chi connectivity index (χ0n) is 13.5. The first-order valence-corrected chi connectivity index (χ1v) is 8.77. The molecule has 0 saturated carbocycles. The second kappa shape index (κ2) is 6.66. The van der Waals surface area contributed by atoms with Crippen molar-refractivity contribution in [3.05, 3.63) is 39.5 Å². The minimum atomic E-state index is -0.236. The van der Waals surface area contributed by atoms with E-state index in [1.165, 1.54) is 15.6 Å². The fourth-order valence-corrected chi connectivity index (χ4v) is 3.74. The van der Waals surface area contributed by atoms with Crippen molar-refractivity contribution in [2.45, 2.75) is 33.2 Å². The van der Waals surface area contributed by atoms with Gasteiger partial charge in [0.2, 0.25) is 5.91 Å². The Labute approximate surface area is 139 Å². The van der Waals surface area contributed by atoms with Gasteiger partial charge in [0, 0.05) is 24.0 Å². The van der Waals surface area contributed by atoms with E-state index in [9.17, 15) is 9.59 Å². The fraction of sp³-hybridized carbons (Fsp3) is 0.471. The Morgan fingerprint density at radius 1 is 1.35 bits per heavy atom. The molecule has 2 aromatic rings. The van der Waals surface area contributed by atoms with Crippen LogP contribution >= 0.6 is 11.3 Å². The summed E-state index contributed by atoms with van der Waals surface area (Å²) in [6, 6.07) is 7.23. The zero-order chi connectivity index (χ0) is 16.4. The van der Waals surface area contributed by atoms with Crippen molar-refractivity contribution in [3.8, 4) is 10.6 Å². The molecule has 0 spiro atoms. The number of hydrogen-bond acceptors (Lipinski definition) is 4. The minimum absolute atomic E-state index is 0.0176. The molecule has 5 nitrogen and oxygen atoms in total. The Hall–Kier alpha value is -1.95. The molecule has 1 aliphatic heterocycles. The third-order valence-electron chi connectivity index (χ3n) is 4.15. The molecular weight excluding hydrogens is 310 g/mol. The summed E-state index contributed by atoms with van der Waals surface area (Å²) in [5, 5.41) is 4.38. The Morgan fingerprint density at radius 3 is 2.87 bits per heavy atom. The number of nitrogens with zero attached hydrogens (tertiary/aromatic N) is 3. The van der Waals surface area contributed by atoms with Gasteiger partial charge in [0.25, 0.3) is 5.56 Å². The Bertz CT molecular complexity index is 765. The topological polar surface area (TPSA) is 55.2 Å². The lowest BCUT2D eigenvalue weighted by Crippen LogP contribution is -2.42. The van der Waals surface area contributed by atoms with Crippen LogP contribution in [-0.2, 0) is 11.3 Å². The van der Waals surface area contributed by atoms with Crippen LogP contribution in [0.25, 0.3) is 10.6 Å². The van der Waals surface area contributed by atoms with Gasteiger partial charge in [-0.1, -0.05) is 6.92 Å². The molecule has 3 heterocycles. The van der Waals surface area contributed by atoms with Crippen LogP contribution in [0.5, 0.6) is 0 Å². The SMILES string of the molecule is Cc1ccc(-c2ccc(=O)n(CC(=O)N3CCCC(C)C3)n2)s1. The molecule has 0 radical (unpaired) electrons. The van der Waals surface area contributed by atoms with Gasteiger partial charge in [-0.15, -0.1) is 11.3 Å². The van der Waals surface area contributed by atoms with E-state index >= 15 is 0 Å². The van der Waals surface area contributed by atoms with E-state index in [4.69, 9.17) is 0 Å². The molecule has 122 valence electrons. The summed E-state index contributed by atoms with van der Waals surface area (Å²) in [6.07, 6.45) is 2.19. The molecule has 1 unspecified atom stereocenters. The second-order valence-electron chi connectivity index (χ2n) is 6.21. The number of piperidine rings is 1.